The van der Waals surface area contributed by atoms with E-state index >= 15 is 0 Å². The maximum atomic E-state index is 14.0. The lowest BCUT2D eigenvalue weighted by molar-refractivity contribution is -0.137. The van der Waals surface area contributed by atoms with Gasteiger partial charge >= 0.3 is 0 Å². The van der Waals surface area contributed by atoms with Crippen molar-refractivity contribution < 1.29 is 31.8 Å². The van der Waals surface area contributed by atoms with Crippen LogP contribution in [0.5, 0.6) is 5.75 Å². The normalized spacial score (nSPS) is 18.4. The van der Waals surface area contributed by atoms with Gasteiger partial charge in [-0.1, -0.05) is 0 Å². The fraction of sp³-hybridized carbons (Fsp3) is 0.542. The molecular formula is C24H29F4N5O3. The van der Waals surface area contributed by atoms with Crippen molar-refractivity contribution in [2.75, 3.05) is 50.1 Å². The Balaban J connectivity index is 1.53. The van der Waals surface area contributed by atoms with E-state index in [2.05, 4.69) is 10.3 Å². The first-order valence-corrected chi connectivity index (χ1v) is 11.8. The van der Waals surface area contributed by atoms with E-state index in [9.17, 15) is 22.4 Å². The van der Waals surface area contributed by atoms with E-state index in [4.69, 9.17) is 14.5 Å². The lowest BCUT2D eigenvalue weighted by Crippen LogP contribution is -2.43. The number of piperidine rings is 1. The fourth-order valence-corrected chi connectivity index (χ4v) is 4.56. The molecule has 1 N–H and O–H groups in total. The Morgan fingerprint density at radius 1 is 1.19 bits per heavy atom. The van der Waals surface area contributed by atoms with Gasteiger partial charge in [0, 0.05) is 52.1 Å². The average molecular weight is 512 g/mol. The highest BCUT2D eigenvalue weighted by Gasteiger charge is 2.33. The number of hydrogen-bond acceptors (Lipinski definition) is 7. The number of hydrogen-bond donors (Lipinski definition) is 1. The topological polar surface area (TPSA) is 79.8 Å². The molecule has 36 heavy (non-hydrogen) atoms. The summed E-state index contributed by atoms with van der Waals surface area (Å²) in [5.41, 5.74) is 1.28. The van der Waals surface area contributed by atoms with Gasteiger partial charge in [0.1, 0.15) is 18.5 Å². The third-order valence-corrected chi connectivity index (χ3v) is 6.37. The summed E-state index contributed by atoms with van der Waals surface area (Å²) in [4.78, 5) is 25.5. The molecule has 1 atom stereocenters. The molecule has 1 unspecified atom stereocenters. The van der Waals surface area contributed by atoms with Gasteiger partial charge in [-0.3, -0.25) is 4.79 Å². The van der Waals surface area contributed by atoms with Crippen molar-refractivity contribution in [3.8, 4) is 5.75 Å². The molecule has 0 bridgehead atoms. The van der Waals surface area contributed by atoms with Crippen LogP contribution in [0.15, 0.2) is 18.2 Å². The average Bonchev–Trinajstić information content (AvgIpc) is 2.85. The second-order valence-corrected chi connectivity index (χ2v) is 8.82. The standard InChI is InChI=1S/C24H29F4N5O3/c1-14-22-18(7-10-33(14)21(34)13-35-2)30-23(29-12-20(27)28)24(31-22)32-8-5-16(6-9-32)36-19-4-3-15(25)11-17(19)26/h3-4,11,14,16,20H,5-10,12-13H2,1-2H3,(H,29,30). The number of carbonyl (C=O) groups is 1. The summed E-state index contributed by atoms with van der Waals surface area (Å²) in [6.45, 7) is 2.60. The minimum Gasteiger partial charge on any atom is -0.487 e. The minimum atomic E-state index is -2.57. The van der Waals surface area contributed by atoms with Gasteiger partial charge in [-0.2, -0.15) is 0 Å². The van der Waals surface area contributed by atoms with Crippen LogP contribution in [-0.4, -0.2) is 73.2 Å². The zero-order valence-corrected chi connectivity index (χ0v) is 20.1. The summed E-state index contributed by atoms with van der Waals surface area (Å²) in [7, 11) is 1.46. The number of halogens is 4. The Bertz CT molecular complexity index is 1080. The molecule has 1 aromatic carbocycles. The Morgan fingerprint density at radius 2 is 1.94 bits per heavy atom. The molecule has 4 rings (SSSR count). The Hall–Kier alpha value is -3.15. The highest BCUT2D eigenvalue weighted by atomic mass is 19.3. The minimum absolute atomic E-state index is 0.0163. The van der Waals surface area contributed by atoms with Crippen LogP contribution in [0.2, 0.25) is 0 Å². The quantitative estimate of drug-likeness (QED) is 0.543. The lowest BCUT2D eigenvalue weighted by Gasteiger charge is -2.37. The lowest BCUT2D eigenvalue weighted by atomic mass is 10.0. The van der Waals surface area contributed by atoms with Crippen molar-refractivity contribution in [1.82, 2.24) is 14.9 Å². The Kier molecular flexibility index (Phi) is 8.12. The number of benzene rings is 1. The molecule has 196 valence electrons. The number of nitrogens with one attached hydrogen (secondary N) is 1. The molecule has 1 amide bonds. The maximum absolute atomic E-state index is 14.0. The van der Waals surface area contributed by atoms with Gasteiger partial charge in [-0.25, -0.2) is 27.5 Å². The van der Waals surface area contributed by atoms with Crippen LogP contribution in [0.1, 0.15) is 37.2 Å². The predicted molar refractivity (Wildman–Crippen MR) is 124 cm³/mol. The molecule has 0 spiro atoms. The molecule has 0 aliphatic carbocycles. The summed E-state index contributed by atoms with van der Waals surface area (Å²) in [5, 5.41) is 2.71. The molecule has 1 saturated heterocycles. The third-order valence-electron chi connectivity index (χ3n) is 6.37. The first-order chi connectivity index (χ1) is 17.3. The largest absolute Gasteiger partial charge is 0.487 e. The Labute approximate surface area is 206 Å². The number of methoxy groups -OCH3 is 1. The van der Waals surface area contributed by atoms with E-state index in [1.165, 1.54) is 13.2 Å². The summed E-state index contributed by atoms with van der Waals surface area (Å²) >= 11 is 0. The van der Waals surface area contributed by atoms with E-state index in [1.54, 1.807) is 4.90 Å². The molecule has 1 aromatic heterocycles. The van der Waals surface area contributed by atoms with E-state index in [-0.39, 0.29) is 36.2 Å². The number of fused-ring (bicyclic) bond motifs is 1. The number of anilines is 2. The number of nitrogens with zero attached hydrogens (tertiary/aromatic N) is 4. The van der Waals surface area contributed by atoms with E-state index in [0.29, 0.717) is 56.1 Å². The van der Waals surface area contributed by atoms with Crippen molar-refractivity contribution in [3.63, 3.8) is 0 Å². The van der Waals surface area contributed by atoms with Gasteiger partial charge in [0.2, 0.25) is 5.91 Å². The van der Waals surface area contributed by atoms with Crippen molar-refractivity contribution in [3.05, 3.63) is 41.2 Å². The van der Waals surface area contributed by atoms with Crippen molar-refractivity contribution >= 4 is 17.5 Å². The Morgan fingerprint density at radius 3 is 2.61 bits per heavy atom. The van der Waals surface area contributed by atoms with Gasteiger partial charge in [0.15, 0.2) is 23.2 Å². The molecular weight excluding hydrogens is 482 g/mol. The van der Waals surface area contributed by atoms with Crippen molar-refractivity contribution in [2.45, 2.75) is 44.8 Å². The molecule has 12 heteroatoms. The van der Waals surface area contributed by atoms with Crippen LogP contribution < -0.4 is 15.0 Å². The van der Waals surface area contributed by atoms with Crippen molar-refractivity contribution in [1.29, 1.82) is 0 Å². The predicted octanol–water partition coefficient (Wildman–Crippen LogP) is 3.57. The van der Waals surface area contributed by atoms with Gasteiger partial charge in [-0.05, 0) is 19.1 Å². The first kappa shape index (κ1) is 25.9. The van der Waals surface area contributed by atoms with Crippen LogP contribution in [0.4, 0.5) is 29.2 Å². The fourth-order valence-electron chi connectivity index (χ4n) is 4.56. The summed E-state index contributed by atoms with van der Waals surface area (Å²) < 4.78 is 63.8. The first-order valence-electron chi connectivity index (χ1n) is 11.8. The maximum Gasteiger partial charge on any atom is 0.255 e. The number of alkyl halides is 2. The second kappa shape index (κ2) is 11.3. The number of carbonyl (C=O) groups excluding carboxylic acids is 1. The smallest absolute Gasteiger partial charge is 0.255 e. The molecule has 0 saturated carbocycles. The molecule has 2 aromatic rings. The zero-order valence-electron chi connectivity index (χ0n) is 20.1. The van der Waals surface area contributed by atoms with E-state index in [0.717, 1.165) is 12.1 Å². The number of rotatable bonds is 8. The van der Waals surface area contributed by atoms with Gasteiger partial charge in [-0.15, -0.1) is 0 Å². The molecule has 0 radical (unpaired) electrons. The second-order valence-electron chi connectivity index (χ2n) is 8.82. The molecule has 3 heterocycles. The zero-order chi connectivity index (χ0) is 25.8. The van der Waals surface area contributed by atoms with Crippen LogP contribution in [0, 0.1) is 11.6 Å². The third kappa shape index (κ3) is 5.80. The number of ether oxygens (including phenoxy) is 2. The summed E-state index contributed by atoms with van der Waals surface area (Å²) in [6, 6.07) is 2.82. The van der Waals surface area contributed by atoms with Gasteiger partial charge < -0.3 is 24.6 Å². The van der Waals surface area contributed by atoms with Crippen LogP contribution >= 0.6 is 0 Å². The summed E-state index contributed by atoms with van der Waals surface area (Å²) in [6.07, 6.45) is -1.40. The number of amides is 1. The van der Waals surface area contributed by atoms with Crippen LogP contribution in [0.25, 0.3) is 0 Å². The number of aromatic nitrogens is 2. The highest BCUT2D eigenvalue weighted by Crippen LogP contribution is 2.34. The van der Waals surface area contributed by atoms with Gasteiger partial charge in [0.25, 0.3) is 6.43 Å². The van der Waals surface area contributed by atoms with Crippen LogP contribution in [0.3, 0.4) is 0 Å². The molecule has 8 nitrogen and oxygen atoms in total. The molecule has 1 fully saturated rings. The van der Waals surface area contributed by atoms with Crippen LogP contribution in [-0.2, 0) is 16.0 Å². The summed E-state index contributed by atoms with van der Waals surface area (Å²) in [5.74, 6) is -0.933. The monoisotopic (exact) mass is 511 g/mol. The molecule has 2 aliphatic heterocycles. The van der Waals surface area contributed by atoms with E-state index < -0.39 is 24.6 Å². The SMILES string of the molecule is COCC(=O)N1CCc2nc(NCC(F)F)c(N3CCC(Oc4ccc(F)cc4F)CC3)nc2C1C. The highest BCUT2D eigenvalue weighted by molar-refractivity contribution is 5.78. The van der Waals surface area contributed by atoms with E-state index in [1.807, 2.05) is 11.8 Å². The van der Waals surface area contributed by atoms with Crippen molar-refractivity contribution in [2.24, 2.45) is 0 Å². The molecule has 2 aliphatic rings. The van der Waals surface area contributed by atoms with Gasteiger partial charge in [0.05, 0.1) is 24.0 Å².